The standard InChI is InChI=1S/C10H13N2O7PS/c1-21-6-2-3-12(10(14)11-6)9-7(13)8-5(18-9)4-17-20(15,16)19-8/h2-3,5,7-9,13H,4H2,1H3,(H,15,16)/t5-,7+,8-,9?/m1/s1. The fraction of sp³-hybridized carbons (Fsp3) is 0.600. The number of aliphatic hydroxyl groups is 1. The van der Waals surface area contributed by atoms with Gasteiger partial charge in [-0.2, -0.15) is 4.98 Å². The monoisotopic (exact) mass is 336 g/mol. The van der Waals surface area contributed by atoms with Crippen LogP contribution in [0.15, 0.2) is 22.1 Å². The van der Waals surface area contributed by atoms with E-state index in [-0.39, 0.29) is 6.61 Å². The zero-order valence-corrected chi connectivity index (χ0v) is 12.6. The first-order chi connectivity index (χ1) is 9.91. The van der Waals surface area contributed by atoms with E-state index >= 15 is 0 Å². The van der Waals surface area contributed by atoms with Crippen molar-refractivity contribution in [3.8, 4) is 0 Å². The lowest BCUT2D eigenvalue weighted by Gasteiger charge is -2.27. The lowest BCUT2D eigenvalue weighted by atomic mass is 10.1. The van der Waals surface area contributed by atoms with Gasteiger partial charge < -0.3 is 14.7 Å². The minimum atomic E-state index is -4.18. The van der Waals surface area contributed by atoms with Crippen molar-refractivity contribution in [2.45, 2.75) is 29.6 Å². The molecular weight excluding hydrogens is 323 g/mol. The van der Waals surface area contributed by atoms with E-state index in [2.05, 4.69) is 9.51 Å². The summed E-state index contributed by atoms with van der Waals surface area (Å²) in [6, 6.07) is 1.61. The van der Waals surface area contributed by atoms with Crippen molar-refractivity contribution in [1.29, 1.82) is 0 Å². The predicted octanol–water partition coefficient (Wildman–Crippen LogP) is -0.261. The lowest BCUT2D eigenvalue weighted by Crippen LogP contribution is -2.40. The van der Waals surface area contributed by atoms with Crippen LogP contribution < -0.4 is 5.69 Å². The number of phosphoric acid groups is 1. The van der Waals surface area contributed by atoms with Gasteiger partial charge in [-0.05, 0) is 12.3 Å². The predicted molar refractivity (Wildman–Crippen MR) is 70.8 cm³/mol. The molecule has 2 fully saturated rings. The zero-order chi connectivity index (χ0) is 15.2. The number of ether oxygens (including phenoxy) is 1. The van der Waals surface area contributed by atoms with Crippen LogP contribution in [0.25, 0.3) is 0 Å². The van der Waals surface area contributed by atoms with Gasteiger partial charge in [-0.15, -0.1) is 11.8 Å². The highest BCUT2D eigenvalue weighted by molar-refractivity contribution is 7.98. The Labute approximate surface area is 123 Å². The second kappa shape index (κ2) is 5.47. The van der Waals surface area contributed by atoms with Crippen molar-refractivity contribution in [3.63, 3.8) is 0 Å². The molecule has 21 heavy (non-hydrogen) atoms. The Morgan fingerprint density at radius 2 is 2.33 bits per heavy atom. The minimum absolute atomic E-state index is 0.197. The fourth-order valence-electron chi connectivity index (χ4n) is 2.27. The van der Waals surface area contributed by atoms with Crippen LogP contribution in [0, 0.1) is 0 Å². The number of rotatable bonds is 2. The van der Waals surface area contributed by atoms with Crippen LogP contribution in [0.4, 0.5) is 0 Å². The molecule has 9 nitrogen and oxygen atoms in total. The Hall–Kier alpha value is -0.740. The maximum atomic E-state index is 11.9. The first kappa shape index (κ1) is 15.2. The number of aromatic nitrogens is 2. The molecule has 2 aliphatic rings. The molecule has 0 aromatic carbocycles. The van der Waals surface area contributed by atoms with Crippen molar-refractivity contribution in [2.75, 3.05) is 12.9 Å². The molecular formula is C10H13N2O7PS. The normalized spacial score (nSPS) is 39.2. The van der Waals surface area contributed by atoms with E-state index in [4.69, 9.17) is 9.26 Å². The molecule has 116 valence electrons. The van der Waals surface area contributed by atoms with E-state index in [0.29, 0.717) is 5.03 Å². The first-order valence-electron chi connectivity index (χ1n) is 6.04. The summed E-state index contributed by atoms with van der Waals surface area (Å²) in [5.74, 6) is 0. The second-order valence-corrected chi connectivity index (χ2v) is 6.78. The molecule has 0 saturated carbocycles. The number of fused-ring (bicyclic) bond motifs is 1. The number of hydrogen-bond donors (Lipinski definition) is 2. The molecule has 1 aromatic rings. The molecule has 2 aliphatic heterocycles. The summed E-state index contributed by atoms with van der Waals surface area (Å²) in [7, 11) is -4.18. The minimum Gasteiger partial charge on any atom is -0.386 e. The molecule has 0 amide bonds. The van der Waals surface area contributed by atoms with Crippen molar-refractivity contribution in [1.82, 2.24) is 9.55 Å². The molecule has 5 atom stereocenters. The lowest BCUT2D eigenvalue weighted by molar-refractivity contribution is -0.0686. The second-order valence-electron chi connectivity index (χ2n) is 4.55. The van der Waals surface area contributed by atoms with Crippen LogP contribution in [0.2, 0.25) is 0 Å². The van der Waals surface area contributed by atoms with Gasteiger partial charge in [0.25, 0.3) is 0 Å². The molecule has 11 heteroatoms. The van der Waals surface area contributed by atoms with Gasteiger partial charge in [-0.3, -0.25) is 13.6 Å². The Morgan fingerprint density at radius 1 is 1.57 bits per heavy atom. The van der Waals surface area contributed by atoms with E-state index in [9.17, 15) is 19.4 Å². The molecule has 2 N–H and O–H groups in total. The summed E-state index contributed by atoms with van der Waals surface area (Å²) in [4.78, 5) is 25.0. The Kier molecular flexibility index (Phi) is 3.95. The number of thioether (sulfide) groups is 1. The molecule has 1 aromatic heterocycles. The molecule has 0 radical (unpaired) electrons. The summed E-state index contributed by atoms with van der Waals surface area (Å²) >= 11 is 1.31. The van der Waals surface area contributed by atoms with Gasteiger partial charge in [0.1, 0.15) is 23.3 Å². The van der Waals surface area contributed by atoms with E-state index in [0.717, 1.165) is 4.57 Å². The third-order valence-electron chi connectivity index (χ3n) is 3.25. The Morgan fingerprint density at radius 3 is 3.00 bits per heavy atom. The van der Waals surface area contributed by atoms with Crippen LogP contribution >= 0.6 is 19.6 Å². The van der Waals surface area contributed by atoms with Crippen molar-refractivity contribution in [3.05, 3.63) is 22.7 Å². The summed E-state index contributed by atoms with van der Waals surface area (Å²) in [6.45, 7) is -0.197. The summed E-state index contributed by atoms with van der Waals surface area (Å²) in [6.07, 6.45) is -0.855. The molecule has 0 spiro atoms. The summed E-state index contributed by atoms with van der Waals surface area (Å²) < 4.78 is 27.4. The van der Waals surface area contributed by atoms with Gasteiger partial charge in [0.15, 0.2) is 6.23 Å². The zero-order valence-electron chi connectivity index (χ0n) is 10.9. The Bertz CT molecular complexity index is 653. The van der Waals surface area contributed by atoms with Crippen molar-refractivity contribution >= 4 is 19.6 Å². The molecule has 2 unspecified atom stereocenters. The van der Waals surface area contributed by atoms with Crippen LogP contribution in [-0.4, -0.2) is 50.7 Å². The maximum Gasteiger partial charge on any atom is 0.472 e. The van der Waals surface area contributed by atoms with E-state index < -0.39 is 38.1 Å². The summed E-state index contributed by atoms with van der Waals surface area (Å²) in [5, 5.41) is 10.7. The van der Waals surface area contributed by atoms with Crippen LogP contribution in [0.3, 0.4) is 0 Å². The number of nitrogens with zero attached hydrogens (tertiary/aromatic N) is 2. The van der Waals surface area contributed by atoms with Crippen LogP contribution in [0.5, 0.6) is 0 Å². The van der Waals surface area contributed by atoms with Crippen molar-refractivity contribution < 1.29 is 28.3 Å². The maximum absolute atomic E-state index is 11.9. The molecule has 0 bridgehead atoms. The van der Waals surface area contributed by atoms with E-state index in [1.807, 2.05) is 0 Å². The highest BCUT2D eigenvalue weighted by Crippen LogP contribution is 2.52. The van der Waals surface area contributed by atoms with Gasteiger partial charge in [0.2, 0.25) is 0 Å². The third kappa shape index (κ3) is 2.80. The SMILES string of the molecule is CSc1ccn(C2O[C@@H]3COP(=O)(O)O[C@H]3[C@@H]2O)c(=O)n1. The smallest absolute Gasteiger partial charge is 0.386 e. The van der Waals surface area contributed by atoms with E-state index in [1.54, 1.807) is 12.3 Å². The summed E-state index contributed by atoms with van der Waals surface area (Å²) in [5.41, 5.74) is -0.586. The highest BCUT2D eigenvalue weighted by atomic mass is 32.2. The largest absolute Gasteiger partial charge is 0.472 e. The number of aliphatic hydroxyl groups excluding tert-OH is 1. The number of hydrogen-bond acceptors (Lipinski definition) is 8. The average molecular weight is 336 g/mol. The van der Waals surface area contributed by atoms with Gasteiger partial charge >= 0.3 is 13.5 Å². The average Bonchev–Trinajstić information content (AvgIpc) is 2.74. The van der Waals surface area contributed by atoms with Gasteiger partial charge in [-0.1, -0.05) is 0 Å². The molecule has 3 heterocycles. The highest BCUT2D eigenvalue weighted by Gasteiger charge is 2.52. The van der Waals surface area contributed by atoms with Crippen LogP contribution in [0.1, 0.15) is 6.23 Å². The van der Waals surface area contributed by atoms with Gasteiger partial charge in [-0.25, -0.2) is 9.36 Å². The first-order valence-corrected chi connectivity index (χ1v) is 8.76. The number of phosphoric ester groups is 1. The Balaban J connectivity index is 1.88. The quantitative estimate of drug-likeness (QED) is 0.427. The van der Waals surface area contributed by atoms with Gasteiger partial charge in [0, 0.05) is 6.20 Å². The molecule has 3 rings (SSSR count). The van der Waals surface area contributed by atoms with Gasteiger partial charge in [0.05, 0.1) is 6.61 Å². The van der Waals surface area contributed by atoms with Crippen LogP contribution in [-0.2, 0) is 18.3 Å². The molecule has 2 saturated heterocycles. The van der Waals surface area contributed by atoms with Crippen molar-refractivity contribution in [2.24, 2.45) is 0 Å². The third-order valence-corrected chi connectivity index (χ3v) is 4.88. The topological polar surface area (TPSA) is 120 Å². The molecule has 0 aliphatic carbocycles. The fourth-order valence-corrected chi connectivity index (χ4v) is 3.60. The van der Waals surface area contributed by atoms with E-state index in [1.165, 1.54) is 18.0 Å².